The minimum atomic E-state index is 0. The molecule has 26 heavy (non-hydrogen) atoms. The molecule has 1 atom stereocenters. The average Bonchev–Trinajstić information content (AvgIpc) is 3.11. The van der Waals surface area contributed by atoms with Crippen LogP contribution in [0.1, 0.15) is 30.6 Å². The van der Waals surface area contributed by atoms with Crippen LogP contribution in [0.4, 0.5) is 0 Å². The van der Waals surface area contributed by atoms with Crippen LogP contribution in [0, 0.1) is 0 Å². The molecule has 1 saturated heterocycles. The summed E-state index contributed by atoms with van der Waals surface area (Å²) in [5.41, 5.74) is 8.02. The zero-order valence-electron chi connectivity index (χ0n) is 15.0. The van der Waals surface area contributed by atoms with Gasteiger partial charge < -0.3 is 11.1 Å². The lowest BCUT2D eigenvalue weighted by molar-refractivity contribution is -0.121. The summed E-state index contributed by atoms with van der Waals surface area (Å²) in [6.45, 7) is 3.22. The molecule has 1 fully saturated rings. The number of halogens is 1. The molecule has 2 aromatic rings. The third-order valence-electron chi connectivity index (χ3n) is 4.78. The number of hydrogen-bond donors (Lipinski definition) is 2. The van der Waals surface area contributed by atoms with Crippen LogP contribution in [0.5, 0.6) is 0 Å². The Morgan fingerprint density at radius 1 is 1.23 bits per heavy atom. The second-order valence-corrected chi connectivity index (χ2v) is 7.63. The van der Waals surface area contributed by atoms with Crippen molar-refractivity contribution in [1.29, 1.82) is 0 Å². The van der Waals surface area contributed by atoms with Crippen LogP contribution in [0.3, 0.4) is 0 Å². The number of carbonyl (C=O) groups excluding carboxylic acids is 1. The summed E-state index contributed by atoms with van der Waals surface area (Å²) < 4.78 is 0. The van der Waals surface area contributed by atoms with Crippen molar-refractivity contribution >= 4 is 29.7 Å². The Bertz CT molecular complexity index is 677. The number of piperidine rings is 1. The standard InChI is InChI=1S/C20H27N3OS.ClH/c21-10-9-20(24)22-13-18-8-4-5-11-23(18)14-19-12-17(15-25-19)16-6-2-1-3-7-16;/h1-3,6-7,12,15,18H,4-5,8-11,13-14,21H2,(H,22,24);1H. The zero-order chi connectivity index (χ0) is 17.5. The van der Waals surface area contributed by atoms with Crippen LogP contribution < -0.4 is 11.1 Å². The molecule has 1 unspecified atom stereocenters. The fourth-order valence-electron chi connectivity index (χ4n) is 3.40. The molecule has 0 saturated carbocycles. The van der Waals surface area contributed by atoms with Crippen LogP contribution in [0.25, 0.3) is 11.1 Å². The van der Waals surface area contributed by atoms with Gasteiger partial charge in [0.2, 0.25) is 5.91 Å². The molecular formula is C20H28ClN3OS. The number of rotatable bonds is 7. The number of nitrogens with two attached hydrogens (primary N) is 1. The highest BCUT2D eigenvalue weighted by atomic mass is 35.5. The first-order chi connectivity index (χ1) is 12.3. The van der Waals surface area contributed by atoms with Crippen LogP contribution in [0.2, 0.25) is 0 Å². The molecule has 0 radical (unpaired) electrons. The first-order valence-electron chi connectivity index (χ1n) is 9.10. The van der Waals surface area contributed by atoms with E-state index in [2.05, 4.69) is 45.9 Å². The highest BCUT2D eigenvalue weighted by molar-refractivity contribution is 7.10. The molecule has 3 N–H and O–H groups in total. The van der Waals surface area contributed by atoms with Crippen molar-refractivity contribution < 1.29 is 4.79 Å². The highest BCUT2D eigenvalue weighted by Gasteiger charge is 2.23. The van der Waals surface area contributed by atoms with Crippen molar-refractivity contribution in [3.05, 3.63) is 46.7 Å². The smallest absolute Gasteiger partial charge is 0.221 e. The maximum Gasteiger partial charge on any atom is 0.221 e. The molecule has 6 heteroatoms. The summed E-state index contributed by atoms with van der Waals surface area (Å²) in [5, 5.41) is 5.29. The SMILES string of the molecule is Cl.NCCC(=O)NCC1CCCCN1Cc1cc(-c2ccccc2)cs1. The van der Waals surface area contributed by atoms with E-state index in [1.54, 1.807) is 0 Å². The Labute approximate surface area is 166 Å². The van der Waals surface area contributed by atoms with Gasteiger partial charge in [-0.05, 0) is 42.0 Å². The predicted molar refractivity (Wildman–Crippen MR) is 112 cm³/mol. The van der Waals surface area contributed by atoms with Crippen molar-refractivity contribution in [2.45, 2.75) is 38.3 Å². The van der Waals surface area contributed by atoms with Crippen molar-refractivity contribution in [3.8, 4) is 11.1 Å². The van der Waals surface area contributed by atoms with Gasteiger partial charge in [0.1, 0.15) is 0 Å². The minimum Gasteiger partial charge on any atom is -0.354 e. The molecular weight excluding hydrogens is 366 g/mol. The summed E-state index contributed by atoms with van der Waals surface area (Å²) in [5.74, 6) is 0.0653. The van der Waals surface area contributed by atoms with Gasteiger partial charge in [0.25, 0.3) is 0 Å². The Morgan fingerprint density at radius 2 is 2.04 bits per heavy atom. The van der Waals surface area contributed by atoms with E-state index in [0.717, 1.165) is 26.1 Å². The van der Waals surface area contributed by atoms with Gasteiger partial charge in [0, 0.05) is 37.0 Å². The third-order valence-corrected chi connectivity index (χ3v) is 5.70. The normalized spacial score (nSPS) is 17.5. The van der Waals surface area contributed by atoms with Gasteiger partial charge in [-0.15, -0.1) is 23.7 Å². The molecule has 4 nitrogen and oxygen atoms in total. The number of amides is 1. The quantitative estimate of drug-likeness (QED) is 0.754. The molecule has 1 aromatic carbocycles. The lowest BCUT2D eigenvalue weighted by atomic mass is 10.0. The third kappa shape index (κ3) is 5.81. The molecule has 2 heterocycles. The van der Waals surface area contributed by atoms with E-state index < -0.39 is 0 Å². The maximum atomic E-state index is 11.7. The van der Waals surface area contributed by atoms with Gasteiger partial charge in [-0.1, -0.05) is 36.8 Å². The van der Waals surface area contributed by atoms with E-state index in [0.29, 0.717) is 19.0 Å². The fourth-order valence-corrected chi connectivity index (χ4v) is 4.31. The van der Waals surface area contributed by atoms with Crippen LogP contribution >= 0.6 is 23.7 Å². The summed E-state index contributed by atoms with van der Waals surface area (Å²) in [7, 11) is 0. The lowest BCUT2D eigenvalue weighted by Crippen LogP contribution is -2.46. The fraction of sp³-hybridized carbons (Fsp3) is 0.450. The largest absolute Gasteiger partial charge is 0.354 e. The number of carbonyl (C=O) groups is 1. The van der Waals surface area contributed by atoms with E-state index in [1.165, 1.54) is 28.8 Å². The van der Waals surface area contributed by atoms with E-state index in [4.69, 9.17) is 5.73 Å². The number of benzene rings is 1. The van der Waals surface area contributed by atoms with Gasteiger partial charge in [0.15, 0.2) is 0 Å². The van der Waals surface area contributed by atoms with Gasteiger partial charge in [0.05, 0.1) is 0 Å². The van der Waals surface area contributed by atoms with E-state index >= 15 is 0 Å². The van der Waals surface area contributed by atoms with Gasteiger partial charge in [-0.25, -0.2) is 0 Å². The Hall–Kier alpha value is -1.40. The summed E-state index contributed by atoms with van der Waals surface area (Å²) in [4.78, 5) is 15.6. The van der Waals surface area contributed by atoms with Gasteiger partial charge in [-0.3, -0.25) is 9.69 Å². The molecule has 3 rings (SSSR count). The minimum absolute atomic E-state index is 0. The second kappa shape index (κ2) is 10.7. The van der Waals surface area contributed by atoms with E-state index in [9.17, 15) is 4.79 Å². The summed E-state index contributed by atoms with van der Waals surface area (Å²) in [6.07, 6.45) is 4.05. The number of nitrogens with one attached hydrogen (secondary N) is 1. The topological polar surface area (TPSA) is 58.4 Å². The number of hydrogen-bond acceptors (Lipinski definition) is 4. The van der Waals surface area contributed by atoms with E-state index in [1.807, 2.05) is 17.4 Å². The summed E-state index contributed by atoms with van der Waals surface area (Å²) >= 11 is 1.83. The first kappa shape index (κ1) is 20.9. The number of nitrogens with zero attached hydrogens (tertiary/aromatic N) is 1. The first-order valence-corrected chi connectivity index (χ1v) is 9.98. The van der Waals surface area contributed by atoms with Crippen molar-refractivity contribution in [1.82, 2.24) is 10.2 Å². The van der Waals surface area contributed by atoms with E-state index in [-0.39, 0.29) is 18.3 Å². The Balaban J connectivity index is 0.00000243. The second-order valence-electron chi connectivity index (χ2n) is 6.63. The zero-order valence-corrected chi connectivity index (χ0v) is 16.7. The van der Waals surface area contributed by atoms with Gasteiger partial charge in [-0.2, -0.15) is 0 Å². The highest BCUT2D eigenvalue weighted by Crippen LogP contribution is 2.28. The summed E-state index contributed by atoms with van der Waals surface area (Å²) in [6, 6.07) is 13.3. The predicted octanol–water partition coefficient (Wildman–Crippen LogP) is 3.66. The molecule has 1 aliphatic heterocycles. The van der Waals surface area contributed by atoms with Crippen molar-refractivity contribution in [2.24, 2.45) is 5.73 Å². The molecule has 0 spiro atoms. The average molecular weight is 394 g/mol. The van der Waals surface area contributed by atoms with Crippen LogP contribution in [-0.2, 0) is 11.3 Å². The molecule has 1 aromatic heterocycles. The Morgan fingerprint density at radius 3 is 2.81 bits per heavy atom. The van der Waals surface area contributed by atoms with Crippen LogP contribution in [0.15, 0.2) is 41.8 Å². The monoisotopic (exact) mass is 393 g/mol. The molecule has 0 aliphatic carbocycles. The molecule has 1 amide bonds. The molecule has 1 aliphatic rings. The van der Waals surface area contributed by atoms with Gasteiger partial charge >= 0.3 is 0 Å². The van der Waals surface area contributed by atoms with Crippen LogP contribution in [-0.4, -0.2) is 36.5 Å². The lowest BCUT2D eigenvalue weighted by Gasteiger charge is -2.35. The number of thiophene rings is 1. The number of likely N-dealkylation sites (tertiary alicyclic amines) is 1. The molecule has 142 valence electrons. The van der Waals surface area contributed by atoms with Crippen molar-refractivity contribution in [3.63, 3.8) is 0 Å². The maximum absolute atomic E-state index is 11.7. The molecule has 0 bridgehead atoms. The van der Waals surface area contributed by atoms with Crippen molar-refractivity contribution in [2.75, 3.05) is 19.6 Å². The Kier molecular flexibility index (Phi) is 8.59.